The van der Waals surface area contributed by atoms with Gasteiger partial charge in [0.15, 0.2) is 0 Å². The van der Waals surface area contributed by atoms with Crippen LogP contribution in [0.15, 0.2) is 79.9 Å². The molecule has 0 radical (unpaired) electrons. The lowest BCUT2D eigenvalue weighted by atomic mass is 10.0. The average molecular weight is 455 g/mol. The molecule has 2 aromatic carbocycles. The first kappa shape index (κ1) is 21.5. The minimum absolute atomic E-state index is 0.178. The van der Waals surface area contributed by atoms with Crippen LogP contribution < -0.4 is 5.63 Å². The number of aromatic nitrogens is 1. The molecular weight excluding hydrogens is 432 g/mol. The number of benzene rings is 2. The van der Waals surface area contributed by atoms with Crippen LogP contribution in [0.25, 0.3) is 21.7 Å². The summed E-state index contributed by atoms with van der Waals surface area (Å²) in [4.78, 5) is 16.6. The molecule has 0 saturated heterocycles. The molecule has 0 N–H and O–H groups in total. The van der Waals surface area contributed by atoms with E-state index in [4.69, 9.17) is 4.42 Å². The van der Waals surface area contributed by atoms with E-state index in [0.717, 1.165) is 21.7 Å². The summed E-state index contributed by atoms with van der Waals surface area (Å²) in [6.07, 6.45) is 1.39. The van der Waals surface area contributed by atoms with Crippen molar-refractivity contribution >= 4 is 43.5 Å². The summed E-state index contributed by atoms with van der Waals surface area (Å²) < 4.78 is 32.1. The minimum Gasteiger partial charge on any atom is -0.423 e. The van der Waals surface area contributed by atoms with E-state index in [1.807, 2.05) is 50.2 Å². The first-order valence-electron chi connectivity index (χ1n) is 9.97. The zero-order valence-electron chi connectivity index (χ0n) is 17.2. The number of rotatable bonds is 7. The van der Waals surface area contributed by atoms with Crippen molar-refractivity contribution < 1.29 is 12.8 Å². The van der Waals surface area contributed by atoms with Crippen molar-refractivity contribution in [3.63, 3.8) is 0 Å². The topological polar surface area (TPSA) is 80.5 Å². The Morgan fingerprint density at radius 2 is 1.81 bits per heavy atom. The molecule has 0 aliphatic rings. The van der Waals surface area contributed by atoms with Crippen molar-refractivity contribution in [1.82, 2.24) is 9.29 Å². The third-order valence-corrected chi connectivity index (χ3v) is 8.17. The van der Waals surface area contributed by atoms with Crippen molar-refractivity contribution in [3.05, 3.63) is 76.8 Å². The van der Waals surface area contributed by atoms with Gasteiger partial charge in [-0.2, -0.15) is 4.31 Å². The van der Waals surface area contributed by atoms with Crippen molar-refractivity contribution in [2.24, 2.45) is 0 Å². The lowest BCUT2D eigenvalue weighted by Gasteiger charge is -2.18. The van der Waals surface area contributed by atoms with Gasteiger partial charge in [-0.05, 0) is 34.5 Å². The third-order valence-electron chi connectivity index (χ3n) is 5.14. The van der Waals surface area contributed by atoms with E-state index in [1.54, 1.807) is 12.1 Å². The number of sulfonamides is 1. The van der Waals surface area contributed by atoms with Crippen LogP contribution in [-0.2, 0) is 15.8 Å². The molecule has 0 fully saturated rings. The summed E-state index contributed by atoms with van der Waals surface area (Å²) in [6.45, 7) is 4.44. The molecule has 8 heteroatoms. The second-order valence-corrected chi connectivity index (χ2v) is 9.89. The van der Waals surface area contributed by atoms with E-state index >= 15 is 0 Å². The summed E-state index contributed by atoms with van der Waals surface area (Å²) >= 11 is 1.44. The molecule has 4 rings (SSSR count). The van der Waals surface area contributed by atoms with Crippen LogP contribution in [0.3, 0.4) is 0 Å². The number of fused-ring (bicyclic) bond motifs is 3. The zero-order valence-corrected chi connectivity index (χ0v) is 18.9. The molecule has 0 unspecified atom stereocenters. The van der Waals surface area contributed by atoms with E-state index in [-0.39, 0.29) is 4.90 Å². The van der Waals surface area contributed by atoms with Gasteiger partial charge in [-0.25, -0.2) is 18.2 Å². The standard InChI is InChI=1S/C23H22N2O4S2/c1-3-25(4-2)31(27,28)18-10-12-21(24-14-18)30-15-17-13-22(26)29-20-11-9-16-7-5-6-8-19(16)23(17)20/h5-14H,3-4,15H2,1-2H3. The first-order valence-corrected chi connectivity index (χ1v) is 12.4. The Balaban J connectivity index is 1.64. The smallest absolute Gasteiger partial charge is 0.336 e. The normalized spacial score (nSPS) is 12.1. The van der Waals surface area contributed by atoms with Gasteiger partial charge < -0.3 is 4.42 Å². The molecular formula is C23H22N2O4S2. The average Bonchev–Trinajstić information content (AvgIpc) is 2.78. The lowest BCUT2D eigenvalue weighted by Crippen LogP contribution is -2.30. The van der Waals surface area contributed by atoms with Crippen molar-refractivity contribution in [2.75, 3.05) is 13.1 Å². The molecule has 6 nitrogen and oxygen atoms in total. The lowest BCUT2D eigenvalue weighted by molar-refractivity contribution is 0.445. The van der Waals surface area contributed by atoms with E-state index in [0.29, 0.717) is 29.5 Å². The number of hydrogen-bond acceptors (Lipinski definition) is 6. The van der Waals surface area contributed by atoms with Crippen molar-refractivity contribution in [2.45, 2.75) is 29.5 Å². The van der Waals surface area contributed by atoms with E-state index in [1.165, 1.54) is 28.3 Å². The second kappa shape index (κ2) is 8.82. The minimum atomic E-state index is -3.54. The highest BCUT2D eigenvalue weighted by Gasteiger charge is 2.21. The predicted molar refractivity (Wildman–Crippen MR) is 124 cm³/mol. The molecule has 4 aromatic rings. The van der Waals surface area contributed by atoms with E-state index in [2.05, 4.69) is 4.98 Å². The summed E-state index contributed by atoms with van der Waals surface area (Å²) in [6, 6.07) is 16.5. The molecule has 0 bridgehead atoms. The molecule has 0 saturated carbocycles. The van der Waals surface area contributed by atoms with Crippen LogP contribution in [0.4, 0.5) is 0 Å². The van der Waals surface area contributed by atoms with Gasteiger partial charge in [-0.1, -0.05) is 44.2 Å². The van der Waals surface area contributed by atoms with Crippen LogP contribution in [0, 0.1) is 0 Å². The van der Waals surface area contributed by atoms with E-state index in [9.17, 15) is 13.2 Å². The Kier molecular flexibility index (Phi) is 6.13. The Morgan fingerprint density at radius 3 is 2.52 bits per heavy atom. The highest BCUT2D eigenvalue weighted by Crippen LogP contribution is 2.31. The molecule has 0 atom stereocenters. The predicted octanol–water partition coefficient (Wildman–Crippen LogP) is 4.66. The quantitative estimate of drug-likeness (QED) is 0.229. The van der Waals surface area contributed by atoms with Gasteiger partial charge in [-0.3, -0.25) is 0 Å². The monoisotopic (exact) mass is 454 g/mol. The Labute approximate surface area is 185 Å². The van der Waals surface area contributed by atoms with Crippen molar-refractivity contribution in [3.8, 4) is 0 Å². The SMILES string of the molecule is CCN(CC)S(=O)(=O)c1ccc(SCc2cc(=O)oc3ccc4ccccc4c23)nc1. The number of pyridine rings is 1. The van der Waals surface area contributed by atoms with Gasteiger partial charge in [0.05, 0.1) is 5.03 Å². The molecule has 0 aliphatic carbocycles. The highest BCUT2D eigenvalue weighted by atomic mass is 32.2. The molecule has 0 spiro atoms. The zero-order chi connectivity index (χ0) is 22.0. The molecule has 2 aromatic heterocycles. The highest BCUT2D eigenvalue weighted by molar-refractivity contribution is 7.98. The van der Waals surface area contributed by atoms with Crippen LogP contribution in [0.2, 0.25) is 0 Å². The summed E-state index contributed by atoms with van der Waals surface area (Å²) in [5.74, 6) is 0.505. The van der Waals surface area contributed by atoms with Gasteiger partial charge in [-0.15, -0.1) is 11.8 Å². The second-order valence-electron chi connectivity index (χ2n) is 6.96. The van der Waals surface area contributed by atoms with Gasteiger partial charge in [0.25, 0.3) is 0 Å². The molecule has 31 heavy (non-hydrogen) atoms. The maximum Gasteiger partial charge on any atom is 0.336 e. The summed E-state index contributed by atoms with van der Waals surface area (Å²) in [7, 11) is -3.54. The maximum atomic E-state index is 12.6. The van der Waals surface area contributed by atoms with Crippen LogP contribution in [-0.4, -0.2) is 30.8 Å². The van der Waals surface area contributed by atoms with Crippen molar-refractivity contribution in [1.29, 1.82) is 0 Å². The van der Waals surface area contributed by atoms with Gasteiger partial charge in [0.1, 0.15) is 10.5 Å². The fourth-order valence-corrected chi connectivity index (χ4v) is 5.83. The molecule has 160 valence electrons. The van der Waals surface area contributed by atoms with Crippen LogP contribution in [0.1, 0.15) is 19.4 Å². The third kappa shape index (κ3) is 4.23. The number of nitrogens with zero attached hydrogens (tertiary/aromatic N) is 2. The largest absolute Gasteiger partial charge is 0.423 e. The number of thioether (sulfide) groups is 1. The van der Waals surface area contributed by atoms with E-state index < -0.39 is 15.6 Å². The van der Waals surface area contributed by atoms with Gasteiger partial charge in [0, 0.05) is 36.5 Å². The fourth-order valence-electron chi connectivity index (χ4n) is 3.60. The van der Waals surface area contributed by atoms with Crippen LogP contribution >= 0.6 is 11.8 Å². The number of hydrogen-bond donors (Lipinski definition) is 0. The van der Waals surface area contributed by atoms with Crippen LogP contribution in [0.5, 0.6) is 0 Å². The first-order chi connectivity index (χ1) is 14.9. The fraction of sp³-hybridized carbons (Fsp3) is 0.217. The summed E-state index contributed by atoms with van der Waals surface area (Å²) in [5.41, 5.74) is 1.01. The maximum absolute atomic E-state index is 12.6. The molecule has 0 amide bonds. The Bertz CT molecular complexity index is 1390. The molecule has 0 aliphatic heterocycles. The van der Waals surface area contributed by atoms with Gasteiger partial charge in [0.2, 0.25) is 10.0 Å². The summed E-state index contributed by atoms with van der Waals surface area (Å²) in [5, 5.41) is 3.68. The Hall–Kier alpha value is -2.68. The Morgan fingerprint density at radius 1 is 1.03 bits per heavy atom. The molecule has 2 heterocycles. The van der Waals surface area contributed by atoms with Gasteiger partial charge >= 0.3 is 5.63 Å².